The molecule has 3 aromatic rings. The van der Waals surface area contributed by atoms with Gasteiger partial charge in [-0.25, -0.2) is 0 Å². The van der Waals surface area contributed by atoms with Gasteiger partial charge in [0, 0.05) is 34.5 Å². The molecule has 3 rings (SSSR count). The molecule has 0 saturated heterocycles. The minimum absolute atomic E-state index is 0. The fraction of sp³-hybridized carbons (Fsp3) is 0.346. The van der Waals surface area contributed by atoms with Crippen molar-refractivity contribution in [2.45, 2.75) is 27.2 Å². The normalized spacial score (nSPS) is 10.6. The number of hydrogen-bond donors (Lipinski definition) is 1. The van der Waals surface area contributed by atoms with Crippen molar-refractivity contribution in [1.29, 1.82) is 0 Å². The van der Waals surface area contributed by atoms with Crippen molar-refractivity contribution in [3.05, 3.63) is 53.3 Å². The van der Waals surface area contributed by atoms with Crippen molar-refractivity contribution in [3.8, 4) is 23.0 Å². The third kappa shape index (κ3) is 6.14. The van der Waals surface area contributed by atoms with Gasteiger partial charge in [0.15, 0.2) is 17.3 Å². The van der Waals surface area contributed by atoms with Gasteiger partial charge in [-0.15, -0.1) is 12.4 Å². The van der Waals surface area contributed by atoms with Gasteiger partial charge in [0.25, 0.3) is 0 Å². The Morgan fingerprint density at radius 1 is 0.971 bits per heavy atom. The Bertz CT molecular complexity index is 1180. The van der Waals surface area contributed by atoms with Crippen LogP contribution in [-0.2, 0) is 11.2 Å². The fourth-order valence-electron chi connectivity index (χ4n) is 3.65. The number of carbonyl (C=O) groups excluding carboxylic acids is 1. The number of ether oxygens (including phenoxy) is 4. The highest BCUT2D eigenvalue weighted by Crippen LogP contribution is 2.40. The second-order valence-corrected chi connectivity index (χ2v) is 8.07. The molecular weight excluding hydrogens is 474 g/mol. The van der Waals surface area contributed by atoms with Gasteiger partial charge in [-0.1, -0.05) is 13.8 Å². The van der Waals surface area contributed by atoms with E-state index in [1.165, 1.54) is 20.4 Å². The van der Waals surface area contributed by atoms with Gasteiger partial charge < -0.3 is 24.1 Å². The van der Waals surface area contributed by atoms with E-state index < -0.39 is 5.97 Å². The largest absolute Gasteiger partial charge is 0.494 e. The molecule has 35 heavy (non-hydrogen) atoms. The Balaban J connectivity index is 0.00000432. The Morgan fingerprint density at radius 2 is 1.63 bits per heavy atom. The zero-order chi connectivity index (χ0) is 24.8. The lowest BCUT2D eigenvalue weighted by Gasteiger charge is -2.17. The van der Waals surface area contributed by atoms with E-state index in [9.17, 15) is 14.7 Å². The van der Waals surface area contributed by atoms with E-state index in [1.54, 1.807) is 30.5 Å². The Morgan fingerprint density at radius 3 is 2.17 bits per heavy atom. The second kappa shape index (κ2) is 12.3. The molecular formula is C26H30ClNO7. The third-order valence-corrected chi connectivity index (χ3v) is 5.17. The number of pyridine rings is 1. The van der Waals surface area contributed by atoms with Crippen molar-refractivity contribution >= 4 is 34.9 Å². The van der Waals surface area contributed by atoms with Crippen LogP contribution in [0, 0.1) is 5.92 Å². The molecule has 8 nitrogen and oxygen atoms in total. The molecule has 0 bridgehead atoms. The van der Waals surface area contributed by atoms with Crippen LogP contribution in [0.3, 0.4) is 0 Å². The summed E-state index contributed by atoms with van der Waals surface area (Å²) in [6.07, 6.45) is 2.77. The van der Waals surface area contributed by atoms with Gasteiger partial charge in [-0.3, -0.25) is 14.6 Å². The number of hydrogen-bond acceptors (Lipinski definition) is 7. The molecule has 0 aliphatic carbocycles. The number of fused-ring (bicyclic) bond motifs is 1. The number of carbonyl (C=O) groups is 2. The topological polar surface area (TPSA) is 104 Å². The van der Waals surface area contributed by atoms with Crippen LogP contribution in [-0.4, -0.2) is 49.3 Å². The minimum Gasteiger partial charge on any atom is -0.494 e. The lowest BCUT2D eigenvalue weighted by Crippen LogP contribution is -2.09. The van der Waals surface area contributed by atoms with Crippen molar-refractivity contribution < 1.29 is 33.6 Å². The highest BCUT2D eigenvalue weighted by molar-refractivity contribution is 6.17. The average molecular weight is 504 g/mol. The smallest absolute Gasteiger partial charge is 0.307 e. The summed E-state index contributed by atoms with van der Waals surface area (Å²) in [4.78, 5) is 29.3. The SMILES string of the molecule is CCOc1ccc2c(C(=O)c3cc(OC)c(OCC(C)C)c(OC)c3)cncc2c1CC(=O)O.Cl. The van der Waals surface area contributed by atoms with Gasteiger partial charge >= 0.3 is 5.97 Å². The number of aromatic nitrogens is 1. The molecule has 1 heterocycles. The maximum absolute atomic E-state index is 13.6. The lowest BCUT2D eigenvalue weighted by molar-refractivity contribution is -0.136. The number of halogens is 1. The van der Waals surface area contributed by atoms with Gasteiger partial charge in [0.05, 0.1) is 33.9 Å². The summed E-state index contributed by atoms with van der Waals surface area (Å²) in [6.45, 7) is 6.72. The van der Waals surface area contributed by atoms with E-state index in [1.807, 2.05) is 20.8 Å². The van der Waals surface area contributed by atoms with Crippen LogP contribution in [0.5, 0.6) is 23.0 Å². The maximum Gasteiger partial charge on any atom is 0.307 e. The molecule has 0 unspecified atom stereocenters. The van der Waals surface area contributed by atoms with Crippen LogP contribution in [0.2, 0.25) is 0 Å². The van der Waals surface area contributed by atoms with Crippen molar-refractivity contribution in [2.75, 3.05) is 27.4 Å². The fourth-order valence-corrected chi connectivity index (χ4v) is 3.65. The number of rotatable bonds is 11. The average Bonchev–Trinajstić information content (AvgIpc) is 2.82. The summed E-state index contributed by atoms with van der Waals surface area (Å²) < 4.78 is 22.5. The molecule has 0 atom stereocenters. The number of carboxylic acid groups (broad SMARTS) is 1. The first-order valence-corrected chi connectivity index (χ1v) is 11.0. The summed E-state index contributed by atoms with van der Waals surface area (Å²) in [7, 11) is 3.00. The summed E-state index contributed by atoms with van der Waals surface area (Å²) in [6, 6.07) is 6.64. The van der Waals surface area contributed by atoms with Crippen molar-refractivity contribution in [3.63, 3.8) is 0 Å². The van der Waals surface area contributed by atoms with Crippen LogP contribution < -0.4 is 18.9 Å². The second-order valence-electron chi connectivity index (χ2n) is 8.07. The molecule has 0 aliphatic rings. The molecule has 2 aromatic carbocycles. The van der Waals surface area contributed by atoms with Crippen LogP contribution >= 0.6 is 12.4 Å². The summed E-state index contributed by atoms with van der Waals surface area (Å²) in [5.41, 5.74) is 1.13. The molecule has 0 saturated carbocycles. The highest BCUT2D eigenvalue weighted by Gasteiger charge is 2.22. The molecule has 1 aromatic heterocycles. The van der Waals surface area contributed by atoms with E-state index in [0.29, 0.717) is 69.6 Å². The first-order valence-electron chi connectivity index (χ1n) is 11.0. The van der Waals surface area contributed by atoms with Crippen molar-refractivity contribution in [1.82, 2.24) is 4.98 Å². The zero-order valence-corrected chi connectivity index (χ0v) is 21.2. The van der Waals surface area contributed by atoms with Crippen LogP contribution in [0.15, 0.2) is 36.7 Å². The molecule has 0 amide bonds. The quantitative estimate of drug-likeness (QED) is 0.366. The lowest BCUT2D eigenvalue weighted by atomic mass is 9.95. The van der Waals surface area contributed by atoms with Gasteiger partial charge in [-0.2, -0.15) is 0 Å². The van der Waals surface area contributed by atoms with E-state index in [4.69, 9.17) is 18.9 Å². The summed E-state index contributed by atoms with van der Waals surface area (Å²) in [5, 5.41) is 10.5. The standard InChI is InChI=1S/C26H29NO7.ClH/c1-6-33-21-8-7-17-19(18(21)11-24(28)29)12-27-13-20(17)25(30)16-9-22(31-4)26(23(10-16)32-5)34-14-15(2)3;/h7-10,12-13,15H,6,11,14H2,1-5H3,(H,28,29);1H. The molecule has 0 fully saturated rings. The van der Waals surface area contributed by atoms with Crippen LogP contribution in [0.25, 0.3) is 10.8 Å². The first-order chi connectivity index (χ1) is 16.3. The number of ketones is 1. The highest BCUT2D eigenvalue weighted by atomic mass is 35.5. The minimum atomic E-state index is -1.00. The molecule has 1 N–H and O–H groups in total. The monoisotopic (exact) mass is 503 g/mol. The number of benzene rings is 2. The number of carboxylic acids is 1. The number of aliphatic carboxylic acids is 1. The first kappa shape index (κ1) is 27.7. The predicted octanol–water partition coefficient (Wildman–Crippen LogP) is 4.97. The molecule has 188 valence electrons. The third-order valence-electron chi connectivity index (χ3n) is 5.17. The van der Waals surface area contributed by atoms with E-state index >= 15 is 0 Å². The maximum atomic E-state index is 13.6. The van der Waals surface area contributed by atoms with Crippen molar-refractivity contribution in [2.24, 2.45) is 5.92 Å². The van der Waals surface area contributed by atoms with Crippen LogP contribution in [0.1, 0.15) is 42.3 Å². The number of nitrogens with zero attached hydrogens (tertiary/aromatic N) is 1. The van der Waals surface area contributed by atoms with Gasteiger partial charge in [0.2, 0.25) is 5.75 Å². The number of methoxy groups -OCH3 is 2. The Kier molecular flexibility index (Phi) is 9.71. The van der Waals surface area contributed by atoms with E-state index in [2.05, 4.69) is 4.98 Å². The predicted molar refractivity (Wildman–Crippen MR) is 135 cm³/mol. The zero-order valence-electron chi connectivity index (χ0n) is 20.4. The van der Waals surface area contributed by atoms with Gasteiger partial charge in [-0.05, 0) is 42.5 Å². The van der Waals surface area contributed by atoms with Crippen LogP contribution in [0.4, 0.5) is 0 Å². The molecule has 0 spiro atoms. The van der Waals surface area contributed by atoms with Gasteiger partial charge in [0.1, 0.15) is 5.75 Å². The molecule has 9 heteroatoms. The summed E-state index contributed by atoms with van der Waals surface area (Å²) in [5.74, 6) is 0.616. The Hall–Kier alpha value is -3.52. The van der Waals surface area contributed by atoms with E-state index in [-0.39, 0.29) is 24.6 Å². The Labute approximate surface area is 210 Å². The molecule has 0 aliphatic heterocycles. The van der Waals surface area contributed by atoms with E-state index in [0.717, 1.165) is 0 Å². The molecule has 0 radical (unpaired) electrons. The summed E-state index contributed by atoms with van der Waals surface area (Å²) >= 11 is 0.